The van der Waals surface area contributed by atoms with E-state index in [2.05, 4.69) is 24.1 Å². The van der Waals surface area contributed by atoms with E-state index in [1.165, 1.54) is 28.7 Å². The number of piperazine rings is 1. The van der Waals surface area contributed by atoms with Gasteiger partial charge in [-0.3, -0.25) is 0 Å². The van der Waals surface area contributed by atoms with E-state index in [-0.39, 0.29) is 6.03 Å². The number of carbonyl (C=O) groups is 1. The molecule has 1 unspecified atom stereocenters. The van der Waals surface area contributed by atoms with Crippen LogP contribution in [-0.4, -0.2) is 61.3 Å². The summed E-state index contributed by atoms with van der Waals surface area (Å²) in [5.74, 6) is 3.59. The van der Waals surface area contributed by atoms with Crippen molar-refractivity contribution in [3.8, 4) is 11.5 Å². The van der Waals surface area contributed by atoms with Gasteiger partial charge in [-0.2, -0.15) is 0 Å². The first-order chi connectivity index (χ1) is 17.5. The first-order valence-corrected chi connectivity index (χ1v) is 13.7. The van der Waals surface area contributed by atoms with Crippen LogP contribution < -0.4 is 19.7 Å². The number of hydrogen-bond acceptors (Lipinski definition) is 7. The van der Waals surface area contributed by atoms with Gasteiger partial charge in [0.25, 0.3) is 0 Å². The predicted octanol–water partition coefficient (Wildman–Crippen LogP) is 5.45. The fraction of sp³-hybridized carbons (Fsp3) is 0.519. The number of nitrogens with zero attached hydrogens (tertiary/aromatic N) is 4. The highest BCUT2D eigenvalue weighted by Crippen LogP contribution is 2.40. The molecule has 192 valence electrons. The van der Waals surface area contributed by atoms with Crippen LogP contribution in [0.3, 0.4) is 0 Å². The van der Waals surface area contributed by atoms with Crippen molar-refractivity contribution < 1.29 is 14.3 Å². The average Bonchev–Trinajstić information content (AvgIpc) is 3.30. The third-order valence-corrected chi connectivity index (χ3v) is 8.52. The van der Waals surface area contributed by atoms with Gasteiger partial charge in [0, 0.05) is 60.9 Å². The van der Waals surface area contributed by atoms with Gasteiger partial charge < -0.3 is 24.6 Å². The molecule has 5 rings (SSSR count). The number of carbonyl (C=O) groups excluding carboxylic acids is 1. The first-order valence-electron chi connectivity index (χ1n) is 12.9. The third-order valence-electron chi connectivity index (χ3n) is 7.34. The number of aryl methyl sites for hydroxylation is 2. The number of hydrogen-bond donors (Lipinski definition) is 1. The van der Waals surface area contributed by atoms with Gasteiger partial charge in [-0.15, -0.1) is 11.3 Å². The maximum atomic E-state index is 13.0. The number of nitrogens with one attached hydrogen (secondary N) is 1. The molecule has 1 aliphatic heterocycles. The van der Waals surface area contributed by atoms with Crippen molar-refractivity contribution in [1.82, 2.24) is 14.9 Å². The fourth-order valence-electron chi connectivity index (χ4n) is 4.99. The number of ether oxygens (including phenoxy) is 2. The van der Waals surface area contributed by atoms with Crippen molar-refractivity contribution in [2.24, 2.45) is 0 Å². The minimum atomic E-state index is -0.119. The highest BCUT2D eigenvalue weighted by atomic mass is 32.1. The molecule has 0 spiro atoms. The van der Waals surface area contributed by atoms with E-state index in [0.29, 0.717) is 36.2 Å². The Morgan fingerprint density at radius 1 is 1.06 bits per heavy atom. The van der Waals surface area contributed by atoms with Crippen molar-refractivity contribution in [2.45, 2.75) is 51.9 Å². The van der Waals surface area contributed by atoms with Gasteiger partial charge >= 0.3 is 6.03 Å². The molecule has 1 fully saturated rings. The zero-order valence-electron chi connectivity index (χ0n) is 21.6. The van der Waals surface area contributed by atoms with Crippen molar-refractivity contribution in [2.75, 3.05) is 50.6 Å². The molecule has 1 N–H and O–H groups in total. The topological polar surface area (TPSA) is 79.8 Å². The lowest BCUT2D eigenvalue weighted by molar-refractivity contribution is 0.208. The number of urea groups is 1. The van der Waals surface area contributed by atoms with Gasteiger partial charge in [-0.1, -0.05) is 13.8 Å². The summed E-state index contributed by atoms with van der Waals surface area (Å²) in [6.07, 6.45) is 5.76. The summed E-state index contributed by atoms with van der Waals surface area (Å²) in [6, 6.07) is 5.26. The molecular weight excluding hydrogens is 474 g/mol. The second kappa shape index (κ2) is 10.5. The maximum absolute atomic E-state index is 13.0. The number of methoxy groups -OCH3 is 2. The van der Waals surface area contributed by atoms with E-state index in [1.54, 1.807) is 32.4 Å². The quantitative estimate of drug-likeness (QED) is 0.476. The Hall–Kier alpha value is -3.07. The monoisotopic (exact) mass is 509 g/mol. The van der Waals surface area contributed by atoms with Crippen molar-refractivity contribution in [3.05, 3.63) is 34.5 Å². The standard InChI is InChI=1S/C27H35N5O3S/c1-5-17(2)24-29-25(23-21-8-6-7-9-22(21)36-26(23)30-24)31-10-12-32(13-11-31)27(33)28-18-14-19(34-3)16-20(15-18)35-4/h14-17H,5-13H2,1-4H3,(H,28,33). The molecular formula is C27H35N5O3S. The average molecular weight is 510 g/mol. The lowest BCUT2D eigenvalue weighted by atomic mass is 9.96. The van der Waals surface area contributed by atoms with E-state index in [9.17, 15) is 4.79 Å². The number of thiophene rings is 1. The molecule has 3 heterocycles. The smallest absolute Gasteiger partial charge is 0.321 e. The minimum absolute atomic E-state index is 0.119. The molecule has 36 heavy (non-hydrogen) atoms. The molecule has 0 saturated carbocycles. The van der Waals surface area contributed by atoms with Gasteiger partial charge in [0.15, 0.2) is 0 Å². The number of fused-ring (bicyclic) bond motifs is 3. The summed E-state index contributed by atoms with van der Waals surface area (Å²) in [5, 5.41) is 4.25. The molecule has 2 amide bonds. The second-order valence-electron chi connectivity index (χ2n) is 9.61. The number of amides is 2. The van der Waals surface area contributed by atoms with Crippen LogP contribution in [0.2, 0.25) is 0 Å². The summed E-state index contributed by atoms with van der Waals surface area (Å²) in [7, 11) is 3.20. The Balaban J connectivity index is 1.35. The SMILES string of the molecule is CCC(C)c1nc(N2CCN(C(=O)Nc3cc(OC)cc(OC)c3)CC2)c2c3c(sc2n1)CCCC3. The number of rotatable bonds is 6. The molecule has 1 aromatic carbocycles. The summed E-state index contributed by atoms with van der Waals surface area (Å²) >= 11 is 1.86. The number of aromatic nitrogens is 2. The zero-order valence-corrected chi connectivity index (χ0v) is 22.4. The maximum Gasteiger partial charge on any atom is 0.321 e. The van der Waals surface area contributed by atoms with E-state index in [4.69, 9.17) is 19.4 Å². The molecule has 8 nitrogen and oxygen atoms in total. The van der Waals surface area contributed by atoms with E-state index < -0.39 is 0 Å². The molecule has 2 aliphatic rings. The van der Waals surface area contributed by atoms with Crippen LogP contribution in [0.1, 0.15) is 55.3 Å². The van der Waals surface area contributed by atoms with E-state index in [0.717, 1.165) is 48.8 Å². The van der Waals surface area contributed by atoms with Crippen LogP contribution >= 0.6 is 11.3 Å². The summed E-state index contributed by atoms with van der Waals surface area (Å²) in [6.45, 7) is 7.13. The highest BCUT2D eigenvalue weighted by Gasteiger charge is 2.28. The third kappa shape index (κ3) is 4.81. The summed E-state index contributed by atoms with van der Waals surface area (Å²) in [4.78, 5) is 30.0. The molecule has 2 aromatic heterocycles. The summed E-state index contributed by atoms with van der Waals surface area (Å²) < 4.78 is 10.7. The molecule has 3 aromatic rings. The second-order valence-corrected chi connectivity index (χ2v) is 10.7. The Bertz CT molecular complexity index is 1230. The van der Waals surface area contributed by atoms with Crippen LogP contribution in [0.25, 0.3) is 10.2 Å². The van der Waals surface area contributed by atoms with Crippen LogP contribution in [0.5, 0.6) is 11.5 Å². The summed E-state index contributed by atoms with van der Waals surface area (Å²) in [5.41, 5.74) is 2.11. The fourth-order valence-corrected chi connectivity index (χ4v) is 6.25. The zero-order chi connectivity index (χ0) is 25.2. The van der Waals surface area contributed by atoms with Crippen molar-refractivity contribution >= 4 is 39.1 Å². The van der Waals surface area contributed by atoms with Crippen molar-refractivity contribution in [3.63, 3.8) is 0 Å². The number of anilines is 2. The molecule has 0 radical (unpaired) electrons. The van der Waals surface area contributed by atoms with Gasteiger partial charge in [-0.25, -0.2) is 14.8 Å². The molecule has 9 heteroatoms. The van der Waals surface area contributed by atoms with Crippen molar-refractivity contribution in [1.29, 1.82) is 0 Å². The Kier molecular flexibility index (Phi) is 7.18. The molecule has 1 saturated heterocycles. The van der Waals surface area contributed by atoms with E-state index in [1.807, 2.05) is 16.2 Å². The highest BCUT2D eigenvalue weighted by molar-refractivity contribution is 7.19. The van der Waals surface area contributed by atoms with E-state index >= 15 is 0 Å². The molecule has 0 bridgehead atoms. The minimum Gasteiger partial charge on any atom is -0.497 e. The normalized spacial score (nSPS) is 16.6. The molecule has 1 aliphatic carbocycles. The molecule has 1 atom stereocenters. The Morgan fingerprint density at radius 3 is 2.42 bits per heavy atom. The van der Waals surface area contributed by atoms with Gasteiger partial charge in [0.2, 0.25) is 0 Å². The lowest BCUT2D eigenvalue weighted by Gasteiger charge is -2.36. The lowest BCUT2D eigenvalue weighted by Crippen LogP contribution is -2.50. The van der Waals surface area contributed by atoms with Crippen LogP contribution in [0.15, 0.2) is 18.2 Å². The van der Waals surface area contributed by atoms with Crippen LogP contribution in [0, 0.1) is 0 Å². The Labute approximate surface area is 216 Å². The van der Waals surface area contributed by atoms with Gasteiger partial charge in [0.05, 0.1) is 19.6 Å². The Morgan fingerprint density at radius 2 is 1.75 bits per heavy atom. The van der Waals surface area contributed by atoms with Gasteiger partial charge in [-0.05, 0) is 37.7 Å². The van der Waals surface area contributed by atoms with Crippen LogP contribution in [-0.2, 0) is 12.8 Å². The van der Waals surface area contributed by atoms with Gasteiger partial charge in [0.1, 0.15) is 28.0 Å². The first kappa shape index (κ1) is 24.6. The predicted molar refractivity (Wildman–Crippen MR) is 145 cm³/mol. The van der Waals surface area contributed by atoms with Crippen LogP contribution in [0.4, 0.5) is 16.3 Å². The number of benzene rings is 1. The largest absolute Gasteiger partial charge is 0.497 e.